The second-order valence-electron chi connectivity index (χ2n) is 2.64. The van der Waals surface area contributed by atoms with Crippen LogP contribution in [-0.2, 0) is 4.74 Å². The van der Waals surface area contributed by atoms with Gasteiger partial charge in [0.2, 0.25) is 0 Å². The second kappa shape index (κ2) is 2.94. The van der Waals surface area contributed by atoms with E-state index < -0.39 is 6.09 Å². The number of rotatable bonds is 0. The van der Waals surface area contributed by atoms with E-state index in [1.807, 2.05) is 24.3 Å². The fourth-order valence-corrected chi connectivity index (χ4v) is 1.26. The van der Waals surface area contributed by atoms with Crippen molar-refractivity contribution in [3.63, 3.8) is 0 Å². The Balaban J connectivity index is 2.64. The van der Waals surface area contributed by atoms with Gasteiger partial charge in [0.25, 0.3) is 0 Å². The minimum Gasteiger partial charge on any atom is -0.452 e. The number of ether oxygens (including phenoxy) is 1. The molecule has 0 unspecified atom stereocenters. The van der Waals surface area contributed by atoms with E-state index in [-0.39, 0.29) is 0 Å². The lowest BCUT2D eigenvalue weighted by Gasteiger charge is -1.99. The summed E-state index contributed by atoms with van der Waals surface area (Å²) in [4.78, 5) is 11.2. The van der Waals surface area contributed by atoms with E-state index in [4.69, 9.17) is 0 Å². The van der Waals surface area contributed by atoms with Crippen LogP contribution in [0, 0.1) is 6.20 Å². The fraction of sp³-hybridized carbons (Fsp3) is 0.100. The van der Waals surface area contributed by atoms with Crippen LogP contribution in [0.15, 0.2) is 30.3 Å². The fourth-order valence-electron chi connectivity index (χ4n) is 1.26. The Kier molecular flexibility index (Phi) is 1.77. The minimum atomic E-state index is -0.416. The molecule has 0 aliphatic rings. The van der Waals surface area contributed by atoms with Gasteiger partial charge in [-0.25, -0.2) is 9.36 Å². The number of nitrogens with zero attached hydrogens (tertiary/aromatic N) is 1. The zero-order valence-corrected chi connectivity index (χ0v) is 7.15. The van der Waals surface area contributed by atoms with Crippen molar-refractivity contribution >= 4 is 17.0 Å². The number of carbonyl (C=O) groups is 1. The molecule has 0 atom stereocenters. The normalized spacial score (nSPS) is 10.2. The third-order valence-corrected chi connectivity index (χ3v) is 1.88. The summed E-state index contributed by atoms with van der Waals surface area (Å²) in [7, 11) is 1.35. The monoisotopic (exact) mass is 174 g/mol. The Morgan fingerprint density at radius 3 is 3.00 bits per heavy atom. The predicted molar refractivity (Wildman–Crippen MR) is 48.6 cm³/mol. The summed E-state index contributed by atoms with van der Waals surface area (Å²) in [6.07, 6.45) is 2.39. The van der Waals surface area contributed by atoms with Gasteiger partial charge in [0, 0.05) is 5.39 Å². The molecule has 1 aromatic heterocycles. The molecular formula is C10H8NO2. The molecule has 0 N–H and O–H groups in total. The summed E-state index contributed by atoms with van der Waals surface area (Å²) in [5.74, 6) is 0. The van der Waals surface area contributed by atoms with E-state index in [2.05, 4.69) is 10.9 Å². The zero-order valence-electron chi connectivity index (χ0n) is 7.15. The Hall–Kier alpha value is -1.77. The van der Waals surface area contributed by atoms with Crippen molar-refractivity contribution in [3.05, 3.63) is 36.5 Å². The molecule has 1 heterocycles. The highest BCUT2D eigenvalue weighted by Gasteiger charge is 2.07. The molecule has 1 radical (unpaired) electrons. The highest BCUT2D eigenvalue weighted by Crippen LogP contribution is 2.14. The SMILES string of the molecule is COC(=O)n1[c]cc2ccccc21. The van der Waals surface area contributed by atoms with Gasteiger partial charge in [-0.15, -0.1) is 0 Å². The van der Waals surface area contributed by atoms with Crippen LogP contribution < -0.4 is 0 Å². The van der Waals surface area contributed by atoms with Crippen molar-refractivity contribution in [1.82, 2.24) is 4.57 Å². The average molecular weight is 174 g/mol. The van der Waals surface area contributed by atoms with E-state index in [1.165, 1.54) is 11.7 Å². The summed E-state index contributed by atoms with van der Waals surface area (Å²) < 4.78 is 5.95. The number of benzene rings is 1. The van der Waals surface area contributed by atoms with Crippen LogP contribution in [-0.4, -0.2) is 17.8 Å². The van der Waals surface area contributed by atoms with Crippen molar-refractivity contribution in [2.24, 2.45) is 0 Å². The van der Waals surface area contributed by atoms with Crippen molar-refractivity contribution in [2.75, 3.05) is 7.11 Å². The van der Waals surface area contributed by atoms with E-state index in [0.717, 1.165) is 10.9 Å². The first kappa shape index (κ1) is 7.86. The maximum Gasteiger partial charge on any atom is 0.418 e. The third kappa shape index (κ3) is 1.18. The highest BCUT2D eigenvalue weighted by molar-refractivity contribution is 5.88. The number of aromatic nitrogens is 1. The number of fused-ring (bicyclic) bond motifs is 1. The van der Waals surface area contributed by atoms with E-state index in [0.29, 0.717) is 0 Å². The standard InChI is InChI=1S/C10H8NO2/c1-13-10(12)11-7-6-8-4-2-3-5-9(8)11/h2-6H,1H3. The average Bonchev–Trinajstić information content (AvgIpc) is 2.60. The van der Waals surface area contributed by atoms with Gasteiger partial charge in [-0.2, -0.15) is 0 Å². The number of hydrogen-bond acceptors (Lipinski definition) is 2. The maximum absolute atomic E-state index is 11.2. The molecule has 13 heavy (non-hydrogen) atoms. The van der Waals surface area contributed by atoms with Gasteiger partial charge in [-0.3, -0.25) is 0 Å². The van der Waals surface area contributed by atoms with Gasteiger partial charge < -0.3 is 4.74 Å². The Bertz CT molecular complexity index is 445. The molecule has 3 nitrogen and oxygen atoms in total. The quantitative estimate of drug-likeness (QED) is 0.612. The van der Waals surface area contributed by atoms with Crippen molar-refractivity contribution in [3.8, 4) is 0 Å². The first-order valence-electron chi connectivity index (χ1n) is 3.89. The molecule has 0 saturated carbocycles. The molecule has 3 heteroatoms. The molecule has 65 valence electrons. The molecule has 2 aromatic rings. The van der Waals surface area contributed by atoms with Crippen molar-refractivity contribution in [2.45, 2.75) is 0 Å². The molecule has 0 amide bonds. The molecule has 2 rings (SSSR count). The summed E-state index contributed by atoms with van der Waals surface area (Å²) in [6, 6.07) is 9.31. The molecule has 0 fully saturated rings. The smallest absolute Gasteiger partial charge is 0.418 e. The van der Waals surface area contributed by atoms with Gasteiger partial charge in [-0.1, -0.05) is 18.2 Å². The summed E-state index contributed by atoms with van der Waals surface area (Å²) >= 11 is 0. The first-order chi connectivity index (χ1) is 6.33. The van der Waals surface area contributed by atoms with Gasteiger partial charge in [0.05, 0.1) is 18.8 Å². The Labute approximate surface area is 75.5 Å². The van der Waals surface area contributed by atoms with Crippen LogP contribution in [0.1, 0.15) is 0 Å². The molecule has 0 saturated heterocycles. The Morgan fingerprint density at radius 1 is 1.46 bits per heavy atom. The summed E-state index contributed by atoms with van der Waals surface area (Å²) in [5.41, 5.74) is 0.814. The van der Waals surface area contributed by atoms with Gasteiger partial charge in [-0.05, 0) is 12.1 Å². The van der Waals surface area contributed by atoms with Crippen LogP contribution in [0.2, 0.25) is 0 Å². The molecule has 0 bridgehead atoms. The zero-order chi connectivity index (χ0) is 9.26. The summed E-state index contributed by atoms with van der Waals surface area (Å²) in [5, 5.41) is 0.980. The molecular weight excluding hydrogens is 166 g/mol. The van der Waals surface area contributed by atoms with Gasteiger partial charge in [0.1, 0.15) is 0 Å². The van der Waals surface area contributed by atoms with Crippen LogP contribution >= 0.6 is 0 Å². The van der Waals surface area contributed by atoms with Crippen LogP contribution in [0.3, 0.4) is 0 Å². The number of carbonyl (C=O) groups excluding carboxylic acids is 1. The van der Waals surface area contributed by atoms with Gasteiger partial charge in [0.15, 0.2) is 0 Å². The third-order valence-electron chi connectivity index (χ3n) is 1.88. The molecule has 0 spiro atoms. The van der Waals surface area contributed by atoms with E-state index in [1.54, 1.807) is 6.07 Å². The van der Waals surface area contributed by atoms with Crippen molar-refractivity contribution < 1.29 is 9.53 Å². The maximum atomic E-state index is 11.2. The van der Waals surface area contributed by atoms with E-state index in [9.17, 15) is 4.79 Å². The number of para-hydroxylation sites is 1. The molecule has 1 aromatic carbocycles. The molecule has 0 aliphatic heterocycles. The predicted octanol–water partition coefficient (Wildman–Crippen LogP) is 2.06. The first-order valence-corrected chi connectivity index (χ1v) is 3.89. The topological polar surface area (TPSA) is 31.2 Å². The minimum absolute atomic E-state index is 0.416. The van der Waals surface area contributed by atoms with Gasteiger partial charge >= 0.3 is 6.09 Å². The largest absolute Gasteiger partial charge is 0.452 e. The van der Waals surface area contributed by atoms with E-state index >= 15 is 0 Å². The number of methoxy groups -OCH3 is 1. The summed E-state index contributed by atoms with van der Waals surface area (Å²) in [6.45, 7) is 0. The van der Waals surface area contributed by atoms with Crippen LogP contribution in [0.25, 0.3) is 10.9 Å². The lowest BCUT2D eigenvalue weighted by molar-refractivity contribution is 0.174. The lowest BCUT2D eigenvalue weighted by Crippen LogP contribution is -2.09. The van der Waals surface area contributed by atoms with Crippen molar-refractivity contribution in [1.29, 1.82) is 0 Å². The number of hydrogen-bond donors (Lipinski definition) is 0. The van der Waals surface area contributed by atoms with Crippen LogP contribution in [0.4, 0.5) is 4.79 Å². The van der Waals surface area contributed by atoms with Crippen LogP contribution in [0.5, 0.6) is 0 Å². The Morgan fingerprint density at radius 2 is 2.23 bits per heavy atom. The molecule has 0 aliphatic carbocycles. The lowest BCUT2D eigenvalue weighted by atomic mass is 10.2. The second-order valence-corrected chi connectivity index (χ2v) is 2.64. The highest BCUT2D eigenvalue weighted by atomic mass is 16.5.